The Morgan fingerprint density at radius 1 is 1.03 bits per heavy atom. The number of thioether (sulfide) groups is 1. The van der Waals surface area contributed by atoms with Crippen molar-refractivity contribution in [2.45, 2.75) is 55.8 Å². The van der Waals surface area contributed by atoms with E-state index in [2.05, 4.69) is 0 Å². The highest BCUT2D eigenvalue weighted by Gasteiger charge is 2.23. The Labute approximate surface area is 194 Å². The molecule has 0 amide bonds. The Balaban J connectivity index is 2.08. The average Bonchev–Trinajstić information content (AvgIpc) is 2.81. The fourth-order valence-electron chi connectivity index (χ4n) is 3.24. The molecule has 0 radical (unpaired) electrons. The first-order valence-corrected chi connectivity index (χ1v) is 11.7. The first-order chi connectivity index (χ1) is 15.5. The zero-order valence-electron chi connectivity index (χ0n) is 19.0. The molecule has 2 aromatic rings. The molecule has 0 aliphatic heterocycles. The monoisotopic (exact) mass is 460 g/mol. The van der Waals surface area contributed by atoms with Crippen molar-refractivity contribution in [3.05, 3.63) is 53.6 Å². The molecule has 174 valence electrons. The summed E-state index contributed by atoms with van der Waals surface area (Å²) >= 11 is 1.61. The molecule has 0 aliphatic rings. The minimum atomic E-state index is -0.452. The average molecular weight is 461 g/mol. The lowest BCUT2D eigenvalue weighted by molar-refractivity contribution is -0.119. The van der Waals surface area contributed by atoms with E-state index < -0.39 is 5.97 Å². The molecule has 1 N–H and O–H groups in total. The zero-order valence-corrected chi connectivity index (χ0v) is 19.8. The Morgan fingerprint density at radius 2 is 1.75 bits per heavy atom. The molecule has 1 atom stereocenters. The van der Waals surface area contributed by atoms with Crippen LogP contribution >= 0.6 is 11.8 Å². The highest BCUT2D eigenvalue weighted by Crippen LogP contribution is 2.34. The van der Waals surface area contributed by atoms with Gasteiger partial charge >= 0.3 is 5.97 Å². The fourth-order valence-corrected chi connectivity index (χ4v) is 4.14. The van der Waals surface area contributed by atoms with E-state index in [1.54, 1.807) is 24.9 Å². The number of hydrogen-bond acceptors (Lipinski definition) is 7. The van der Waals surface area contributed by atoms with Gasteiger partial charge < -0.3 is 19.3 Å². The molecule has 0 fully saturated rings. The number of ether oxygens (including phenoxy) is 3. The van der Waals surface area contributed by atoms with Gasteiger partial charge in [-0.1, -0.05) is 18.2 Å². The van der Waals surface area contributed by atoms with Crippen molar-refractivity contribution in [3.8, 4) is 11.5 Å². The number of carbonyl (C=O) groups excluding carboxylic acids is 2. The summed E-state index contributed by atoms with van der Waals surface area (Å²) in [6.45, 7) is 1.85. The van der Waals surface area contributed by atoms with Crippen LogP contribution in [-0.2, 0) is 15.3 Å². The maximum atomic E-state index is 13.1. The molecule has 1 unspecified atom stereocenters. The van der Waals surface area contributed by atoms with Gasteiger partial charge in [-0.05, 0) is 49.9 Å². The van der Waals surface area contributed by atoms with E-state index in [0.717, 1.165) is 10.5 Å². The van der Waals surface area contributed by atoms with Crippen molar-refractivity contribution in [3.63, 3.8) is 0 Å². The quantitative estimate of drug-likeness (QED) is 0.312. The number of carbonyl (C=O) groups is 2. The predicted molar refractivity (Wildman–Crippen MR) is 126 cm³/mol. The van der Waals surface area contributed by atoms with Crippen LogP contribution in [0.5, 0.6) is 11.5 Å². The SMILES string of the molecule is COc1cc(CSc2ccccc2)c(C(=O)OC(C)CCCC(=O)CCCO)c(OC)c1. The van der Waals surface area contributed by atoms with E-state index >= 15 is 0 Å². The number of aliphatic hydroxyl groups is 1. The lowest BCUT2D eigenvalue weighted by Gasteiger charge is -2.18. The molecule has 0 spiro atoms. The Kier molecular flexibility index (Phi) is 11.1. The van der Waals surface area contributed by atoms with Gasteiger partial charge in [0.1, 0.15) is 22.8 Å². The third-order valence-corrected chi connectivity index (χ3v) is 6.00. The lowest BCUT2D eigenvalue weighted by Crippen LogP contribution is -2.18. The molecule has 0 saturated heterocycles. The van der Waals surface area contributed by atoms with Crippen LogP contribution in [0.25, 0.3) is 0 Å². The van der Waals surface area contributed by atoms with Crippen LogP contribution in [0.2, 0.25) is 0 Å². The van der Waals surface area contributed by atoms with Gasteiger partial charge in [0.15, 0.2) is 0 Å². The van der Waals surface area contributed by atoms with Gasteiger partial charge in [0.25, 0.3) is 0 Å². The smallest absolute Gasteiger partial charge is 0.342 e. The number of ketones is 1. The van der Waals surface area contributed by atoms with Crippen LogP contribution in [0.15, 0.2) is 47.4 Å². The molecule has 0 bridgehead atoms. The summed E-state index contributed by atoms with van der Waals surface area (Å²) in [6.07, 6.45) is 2.18. The second-order valence-corrected chi connectivity index (χ2v) is 8.49. The van der Waals surface area contributed by atoms with Crippen molar-refractivity contribution in [2.24, 2.45) is 0 Å². The van der Waals surface area contributed by atoms with Gasteiger partial charge in [0.05, 0.1) is 20.3 Å². The third-order valence-electron chi connectivity index (χ3n) is 4.94. The molecule has 32 heavy (non-hydrogen) atoms. The second kappa shape index (κ2) is 13.8. The van der Waals surface area contributed by atoms with Crippen molar-refractivity contribution in [1.82, 2.24) is 0 Å². The molecule has 0 aliphatic carbocycles. The van der Waals surface area contributed by atoms with E-state index in [0.29, 0.717) is 54.9 Å². The lowest BCUT2D eigenvalue weighted by atomic mass is 10.1. The second-order valence-electron chi connectivity index (χ2n) is 7.44. The fraction of sp³-hybridized carbons (Fsp3) is 0.440. The van der Waals surface area contributed by atoms with Crippen LogP contribution < -0.4 is 9.47 Å². The maximum absolute atomic E-state index is 13.1. The molecule has 0 aromatic heterocycles. The molecule has 0 heterocycles. The molecule has 2 aromatic carbocycles. The van der Waals surface area contributed by atoms with E-state index in [-0.39, 0.29) is 18.5 Å². The number of hydrogen-bond donors (Lipinski definition) is 1. The Bertz CT molecular complexity index is 868. The summed E-state index contributed by atoms with van der Waals surface area (Å²) in [5.41, 5.74) is 1.16. The first kappa shape index (κ1) is 25.7. The predicted octanol–water partition coefficient (Wildman–Crippen LogP) is 5.05. The van der Waals surface area contributed by atoms with E-state index in [9.17, 15) is 9.59 Å². The third kappa shape index (κ3) is 8.20. The Morgan fingerprint density at radius 3 is 2.41 bits per heavy atom. The summed E-state index contributed by atoms with van der Waals surface area (Å²) in [7, 11) is 3.09. The first-order valence-electron chi connectivity index (χ1n) is 10.7. The maximum Gasteiger partial charge on any atom is 0.342 e. The van der Waals surface area contributed by atoms with Crippen molar-refractivity contribution in [1.29, 1.82) is 0 Å². The van der Waals surface area contributed by atoms with Crippen LogP contribution in [0.1, 0.15) is 54.9 Å². The Hall–Kier alpha value is -2.51. The van der Waals surface area contributed by atoms with E-state index in [1.807, 2.05) is 43.3 Å². The van der Waals surface area contributed by atoms with Gasteiger partial charge in [-0.2, -0.15) is 0 Å². The van der Waals surface area contributed by atoms with Crippen LogP contribution in [0.4, 0.5) is 0 Å². The largest absolute Gasteiger partial charge is 0.497 e. The van der Waals surface area contributed by atoms with Gasteiger partial charge in [0, 0.05) is 36.2 Å². The standard InChI is InChI=1S/C25H32O6S/c1-18(9-7-10-20(27)11-8-14-26)31-25(28)24-19(15-21(29-2)16-23(24)30-3)17-32-22-12-5-4-6-13-22/h4-6,12-13,15-16,18,26H,7-11,14,17H2,1-3H3. The summed E-state index contributed by atoms with van der Waals surface area (Å²) in [6, 6.07) is 13.5. The highest BCUT2D eigenvalue weighted by atomic mass is 32.2. The van der Waals surface area contributed by atoms with Crippen molar-refractivity contribution in [2.75, 3.05) is 20.8 Å². The van der Waals surface area contributed by atoms with Gasteiger partial charge in [-0.15, -0.1) is 11.8 Å². The summed E-state index contributed by atoms with van der Waals surface area (Å²) < 4.78 is 16.5. The van der Waals surface area contributed by atoms with Gasteiger partial charge in [-0.25, -0.2) is 4.79 Å². The van der Waals surface area contributed by atoms with Crippen molar-refractivity contribution < 1.29 is 28.9 Å². The number of methoxy groups -OCH3 is 2. The van der Waals surface area contributed by atoms with Crippen molar-refractivity contribution >= 4 is 23.5 Å². The summed E-state index contributed by atoms with van der Waals surface area (Å²) in [5, 5.41) is 8.81. The molecule has 6 nitrogen and oxygen atoms in total. The highest BCUT2D eigenvalue weighted by molar-refractivity contribution is 7.98. The molecule has 7 heteroatoms. The number of aliphatic hydroxyl groups excluding tert-OH is 1. The molecule has 0 saturated carbocycles. The number of rotatable bonds is 14. The number of esters is 1. The molecular formula is C25H32O6S. The topological polar surface area (TPSA) is 82.1 Å². The van der Waals surface area contributed by atoms with Crippen LogP contribution in [0.3, 0.4) is 0 Å². The molecular weight excluding hydrogens is 428 g/mol. The van der Waals surface area contributed by atoms with E-state index in [4.69, 9.17) is 19.3 Å². The number of Topliss-reactive ketones (excluding diaryl/α,β-unsaturated/α-hetero) is 1. The van der Waals surface area contributed by atoms with Gasteiger partial charge in [-0.3, -0.25) is 4.79 Å². The normalized spacial score (nSPS) is 11.6. The van der Waals surface area contributed by atoms with Crippen LogP contribution in [-0.4, -0.2) is 43.8 Å². The molecule has 2 rings (SSSR count). The number of benzene rings is 2. The minimum Gasteiger partial charge on any atom is -0.497 e. The van der Waals surface area contributed by atoms with Gasteiger partial charge in [0.2, 0.25) is 0 Å². The summed E-state index contributed by atoms with van der Waals surface area (Å²) in [4.78, 5) is 25.9. The zero-order chi connectivity index (χ0) is 23.3. The van der Waals surface area contributed by atoms with E-state index in [1.165, 1.54) is 7.11 Å². The summed E-state index contributed by atoms with van der Waals surface area (Å²) in [5.74, 6) is 1.23. The van der Waals surface area contributed by atoms with Crippen LogP contribution in [0, 0.1) is 0 Å². The minimum absolute atomic E-state index is 0.0222.